The van der Waals surface area contributed by atoms with Crippen molar-refractivity contribution in [2.75, 3.05) is 0 Å². The maximum atomic E-state index is 2.35. The summed E-state index contributed by atoms with van der Waals surface area (Å²) in [5, 5.41) is 0. The van der Waals surface area contributed by atoms with Crippen LogP contribution in [-0.4, -0.2) is 0 Å². The molecule has 0 N–H and O–H groups in total. The second-order valence-electron chi connectivity index (χ2n) is 4.49. The lowest BCUT2D eigenvalue weighted by atomic mass is 9.95. The van der Waals surface area contributed by atoms with E-state index in [0.717, 1.165) is 11.8 Å². The summed E-state index contributed by atoms with van der Waals surface area (Å²) in [6, 6.07) is 9.00. The molecule has 1 saturated carbocycles. The summed E-state index contributed by atoms with van der Waals surface area (Å²) in [6.45, 7) is 4.50. The average Bonchev–Trinajstić information content (AvgIpc) is 2.89. The summed E-state index contributed by atoms with van der Waals surface area (Å²) in [7, 11) is 0. The Morgan fingerprint density at radius 3 is 2.38 bits per heavy atom. The summed E-state index contributed by atoms with van der Waals surface area (Å²) in [5.41, 5.74) is 2.87. The summed E-state index contributed by atoms with van der Waals surface area (Å²) >= 11 is 0. The molecular formula is C13H18. The van der Waals surface area contributed by atoms with Gasteiger partial charge in [0.1, 0.15) is 0 Å². The summed E-state index contributed by atoms with van der Waals surface area (Å²) in [4.78, 5) is 0. The van der Waals surface area contributed by atoms with E-state index < -0.39 is 0 Å². The molecule has 2 rings (SSSR count). The lowest BCUT2D eigenvalue weighted by molar-refractivity contribution is 0.619. The van der Waals surface area contributed by atoms with E-state index in [1.54, 1.807) is 0 Å². The Kier molecular flexibility index (Phi) is 2.39. The highest BCUT2D eigenvalue weighted by atomic mass is 14.3. The van der Waals surface area contributed by atoms with Crippen LogP contribution in [0.4, 0.5) is 0 Å². The van der Waals surface area contributed by atoms with E-state index in [1.165, 1.54) is 30.4 Å². The molecule has 1 aromatic rings. The monoisotopic (exact) mass is 174 g/mol. The second-order valence-corrected chi connectivity index (χ2v) is 4.49. The van der Waals surface area contributed by atoms with Gasteiger partial charge in [-0.05, 0) is 30.7 Å². The molecule has 0 bridgehead atoms. The lowest BCUT2D eigenvalue weighted by Gasteiger charge is -2.10. The van der Waals surface area contributed by atoms with E-state index in [4.69, 9.17) is 0 Å². The van der Waals surface area contributed by atoms with Crippen molar-refractivity contribution in [3.05, 3.63) is 35.4 Å². The van der Waals surface area contributed by atoms with Gasteiger partial charge in [0, 0.05) is 0 Å². The van der Waals surface area contributed by atoms with Crippen molar-refractivity contribution in [1.82, 2.24) is 0 Å². The molecule has 0 spiro atoms. The van der Waals surface area contributed by atoms with Crippen molar-refractivity contribution >= 4 is 0 Å². The number of benzene rings is 1. The van der Waals surface area contributed by atoms with E-state index >= 15 is 0 Å². The van der Waals surface area contributed by atoms with Crippen molar-refractivity contribution in [3.8, 4) is 0 Å². The normalized spacial score (nSPS) is 18.6. The Bertz CT molecular complexity index is 267. The molecule has 1 atom stereocenters. The van der Waals surface area contributed by atoms with E-state index in [-0.39, 0.29) is 0 Å². The Morgan fingerprint density at radius 1 is 1.23 bits per heavy atom. The van der Waals surface area contributed by atoms with Gasteiger partial charge in [-0.25, -0.2) is 0 Å². The van der Waals surface area contributed by atoms with Gasteiger partial charge in [0.05, 0.1) is 0 Å². The Labute approximate surface area is 81.0 Å². The van der Waals surface area contributed by atoms with Gasteiger partial charge in [-0.2, -0.15) is 0 Å². The van der Waals surface area contributed by atoms with Gasteiger partial charge in [0.25, 0.3) is 0 Å². The van der Waals surface area contributed by atoms with Gasteiger partial charge >= 0.3 is 0 Å². The molecule has 0 heterocycles. The Morgan fingerprint density at radius 2 is 1.85 bits per heavy atom. The van der Waals surface area contributed by atoms with E-state index in [2.05, 4.69) is 38.1 Å². The molecular weight excluding hydrogens is 156 g/mol. The molecule has 70 valence electrons. The van der Waals surface area contributed by atoms with Crippen LogP contribution < -0.4 is 0 Å². The van der Waals surface area contributed by atoms with Gasteiger partial charge in [0.2, 0.25) is 0 Å². The van der Waals surface area contributed by atoms with Crippen molar-refractivity contribution in [2.24, 2.45) is 5.92 Å². The summed E-state index contributed by atoms with van der Waals surface area (Å²) in [6.07, 6.45) is 4.33. The number of hydrogen-bond donors (Lipinski definition) is 0. The lowest BCUT2D eigenvalue weighted by Crippen LogP contribution is -1.94. The smallest absolute Gasteiger partial charge is 0.0188 e. The highest BCUT2D eigenvalue weighted by Gasteiger charge is 2.23. The molecule has 1 aliphatic rings. The summed E-state index contributed by atoms with van der Waals surface area (Å²) in [5.74, 6) is 1.80. The zero-order chi connectivity index (χ0) is 9.26. The van der Waals surface area contributed by atoms with Crippen molar-refractivity contribution < 1.29 is 0 Å². The average molecular weight is 174 g/mol. The standard InChI is InChI=1S/C13H18/c1-10-3-7-13(8-4-10)11(2)9-12-5-6-12/h3-4,7-8,11-12H,5-6,9H2,1-2H3/t11-/m0/s1. The van der Waals surface area contributed by atoms with Crippen LogP contribution in [0, 0.1) is 12.8 Å². The van der Waals surface area contributed by atoms with Gasteiger partial charge in [-0.3, -0.25) is 0 Å². The van der Waals surface area contributed by atoms with Crippen LogP contribution in [0.25, 0.3) is 0 Å². The molecule has 0 aromatic heterocycles. The van der Waals surface area contributed by atoms with E-state index in [0.29, 0.717) is 0 Å². The fourth-order valence-electron chi connectivity index (χ4n) is 1.88. The minimum Gasteiger partial charge on any atom is -0.0590 e. The molecule has 0 radical (unpaired) electrons. The number of rotatable bonds is 3. The Balaban J connectivity index is 2.01. The first-order valence-electron chi connectivity index (χ1n) is 5.32. The molecule has 0 unspecified atom stereocenters. The minimum absolute atomic E-state index is 0.757. The van der Waals surface area contributed by atoms with Crippen LogP contribution in [0.2, 0.25) is 0 Å². The van der Waals surface area contributed by atoms with Crippen LogP contribution in [-0.2, 0) is 0 Å². The zero-order valence-corrected chi connectivity index (χ0v) is 8.59. The van der Waals surface area contributed by atoms with Crippen LogP contribution >= 0.6 is 0 Å². The summed E-state index contributed by atoms with van der Waals surface area (Å²) < 4.78 is 0. The van der Waals surface area contributed by atoms with Crippen LogP contribution in [0.15, 0.2) is 24.3 Å². The maximum absolute atomic E-state index is 2.35. The van der Waals surface area contributed by atoms with Crippen molar-refractivity contribution in [3.63, 3.8) is 0 Å². The first-order valence-corrected chi connectivity index (χ1v) is 5.32. The van der Waals surface area contributed by atoms with E-state index in [1.807, 2.05) is 0 Å². The molecule has 1 fully saturated rings. The highest BCUT2D eigenvalue weighted by molar-refractivity contribution is 5.24. The van der Waals surface area contributed by atoms with Crippen molar-refractivity contribution in [1.29, 1.82) is 0 Å². The molecule has 0 nitrogen and oxygen atoms in total. The quantitative estimate of drug-likeness (QED) is 0.652. The largest absolute Gasteiger partial charge is 0.0590 e. The minimum atomic E-state index is 0.757. The van der Waals surface area contributed by atoms with Gasteiger partial charge in [-0.15, -0.1) is 0 Å². The van der Waals surface area contributed by atoms with Gasteiger partial charge in [-0.1, -0.05) is 49.6 Å². The molecule has 0 heteroatoms. The zero-order valence-electron chi connectivity index (χ0n) is 8.59. The van der Waals surface area contributed by atoms with Crippen LogP contribution in [0.3, 0.4) is 0 Å². The highest BCUT2D eigenvalue weighted by Crippen LogP contribution is 2.38. The third-order valence-corrected chi connectivity index (χ3v) is 3.03. The molecule has 1 aliphatic carbocycles. The van der Waals surface area contributed by atoms with Crippen LogP contribution in [0.1, 0.15) is 43.2 Å². The third kappa shape index (κ3) is 2.33. The van der Waals surface area contributed by atoms with Crippen molar-refractivity contribution in [2.45, 2.75) is 39.0 Å². The molecule has 0 aliphatic heterocycles. The van der Waals surface area contributed by atoms with Crippen LogP contribution in [0.5, 0.6) is 0 Å². The molecule has 0 saturated heterocycles. The predicted molar refractivity (Wildman–Crippen MR) is 56.9 cm³/mol. The topological polar surface area (TPSA) is 0 Å². The molecule has 1 aromatic carbocycles. The molecule has 0 amide bonds. The predicted octanol–water partition coefficient (Wildman–Crippen LogP) is 3.90. The number of aryl methyl sites for hydroxylation is 1. The second kappa shape index (κ2) is 3.53. The first kappa shape index (κ1) is 8.80. The third-order valence-electron chi connectivity index (χ3n) is 3.03. The van der Waals surface area contributed by atoms with Gasteiger partial charge < -0.3 is 0 Å². The SMILES string of the molecule is Cc1ccc([C@@H](C)CC2CC2)cc1. The van der Waals surface area contributed by atoms with E-state index in [9.17, 15) is 0 Å². The Hall–Kier alpha value is -0.780. The fourth-order valence-corrected chi connectivity index (χ4v) is 1.88. The molecule has 13 heavy (non-hydrogen) atoms. The first-order chi connectivity index (χ1) is 6.25. The number of hydrogen-bond acceptors (Lipinski definition) is 0. The van der Waals surface area contributed by atoms with Gasteiger partial charge in [0.15, 0.2) is 0 Å². The fraction of sp³-hybridized carbons (Fsp3) is 0.538. The maximum Gasteiger partial charge on any atom is -0.0188 e.